The maximum Gasteiger partial charge on any atom is 0.135 e. The Balaban J connectivity index is 1.95. The number of aryl methyl sites for hydroxylation is 1. The molecule has 0 saturated carbocycles. The van der Waals surface area contributed by atoms with Crippen LogP contribution in [0.25, 0.3) is 0 Å². The Morgan fingerprint density at radius 1 is 1.30 bits per heavy atom. The zero-order valence-corrected chi connectivity index (χ0v) is 12.8. The number of nitrogens with zero attached hydrogens (tertiary/aromatic N) is 2. The maximum absolute atomic E-state index is 6.03. The fraction of sp³-hybridized carbons (Fsp3) is 0.467. The van der Waals surface area contributed by atoms with Crippen LogP contribution in [0.3, 0.4) is 0 Å². The minimum absolute atomic E-state index is 0.257. The molecule has 2 heterocycles. The van der Waals surface area contributed by atoms with Crippen molar-refractivity contribution >= 4 is 17.4 Å². The van der Waals surface area contributed by atoms with Crippen molar-refractivity contribution < 1.29 is 4.42 Å². The molecule has 108 valence electrons. The van der Waals surface area contributed by atoms with E-state index in [9.17, 15) is 0 Å². The number of hydrogen-bond donors (Lipinski definition) is 1. The van der Waals surface area contributed by atoms with Gasteiger partial charge in [0.1, 0.15) is 22.6 Å². The summed E-state index contributed by atoms with van der Waals surface area (Å²) in [7, 11) is 0. The molecule has 0 aromatic carbocycles. The first-order valence-corrected chi connectivity index (χ1v) is 7.26. The number of aromatic nitrogens is 2. The summed E-state index contributed by atoms with van der Waals surface area (Å²) in [6.45, 7) is 6.22. The third kappa shape index (κ3) is 4.23. The Kier molecular flexibility index (Phi) is 5.01. The highest BCUT2D eigenvalue weighted by Crippen LogP contribution is 2.18. The molecule has 0 spiro atoms. The van der Waals surface area contributed by atoms with Crippen LogP contribution in [-0.2, 0) is 6.42 Å². The molecule has 2 rings (SSSR count). The monoisotopic (exact) mass is 293 g/mol. The van der Waals surface area contributed by atoms with Crippen molar-refractivity contribution in [2.45, 2.75) is 45.6 Å². The molecule has 20 heavy (non-hydrogen) atoms. The molecule has 2 aromatic rings. The van der Waals surface area contributed by atoms with Gasteiger partial charge in [-0.25, -0.2) is 9.97 Å². The highest BCUT2D eigenvalue weighted by molar-refractivity contribution is 6.29. The van der Waals surface area contributed by atoms with Gasteiger partial charge in [-0.1, -0.05) is 25.4 Å². The normalized spacial score (nSPS) is 12.7. The third-order valence-electron chi connectivity index (χ3n) is 3.03. The van der Waals surface area contributed by atoms with E-state index in [1.54, 1.807) is 12.3 Å². The molecule has 2 aromatic heterocycles. The second kappa shape index (κ2) is 6.75. The van der Waals surface area contributed by atoms with Crippen LogP contribution in [0.2, 0.25) is 5.15 Å². The van der Waals surface area contributed by atoms with Gasteiger partial charge in [0.25, 0.3) is 0 Å². The Morgan fingerprint density at radius 2 is 2.10 bits per heavy atom. The van der Waals surface area contributed by atoms with Crippen molar-refractivity contribution in [3.63, 3.8) is 0 Å². The predicted octanol–water partition coefficient (Wildman–Crippen LogP) is 4.28. The van der Waals surface area contributed by atoms with Crippen LogP contribution in [0.4, 0.5) is 5.82 Å². The Bertz CT molecular complexity index is 540. The molecule has 0 aliphatic heterocycles. The number of halogens is 1. The molecule has 0 bridgehead atoms. The van der Waals surface area contributed by atoms with Crippen molar-refractivity contribution in [1.29, 1.82) is 0 Å². The average molecular weight is 294 g/mol. The summed E-state index contributed by atoms with van der Waals surface area (Å²) < 4.78 is 5.33. The lowest BCUT2D eigenvalue weighted by atomic mass is 10.1. The van der Waals surface area contributed by atoms with Gasteiger partial charge >= 0.3 is 0 Å². The molecule has 0 saturated heterocycles. The van der Waals surface area contributed by atoms with Crippen LogP contribution in [0, 0.1) is 0 Å². The van der Waals surface area contributed by atoms with E-state index >= 15 is 0 Å². The van der Waals surface area contributed by atoms with Gasteiger partial charge in [-0.15, -0.1) is 0 Å². The number of nitrogens with one attached hydrogen (secondary N) is 1. The molecule has 0 aliphatic rings. The molecule has 1 atom stereocenters. The van der Waals surface area contributed by atoms with E-state index in [0.717, 1.165) is 30.2 Å². The number of hydrogen-bond acceptors (Lipinski definition) is 4. The molecule has 0 fully saturated rings. The largest absolute Gasteiger partial charge is 0.469 e. The van der Waals surface area contributed by atoms with Crippen LogP contribution in [0.15, 0.2) is 28.9 Å². The van der Waals surface area contributed by atoms with E-state index in [1.807, 2.05) is 12.1 Å². The van der Waals surface area contributed by atoms with Gasteiger partial charge < -0.3 is 9.73 Å². The van der Waals surface area contributed by atoms with Crippen LogP contribution in [0.1, 0.15) is 44.7 Å². The lowest BCUT2D eigenvalue weighted by molar-refractivity contribution is 0.494. The first-order chi connectivity index (χ1) is 9.54. The Hall–Kier alpha value is -1.55. The predicted molar refractivity (Wildman–Crippen MR) is 81.2 cm³/mol. The van der Waals surface area contributed by atoms with Gasteiger partial charge in [0.15, 0.2) is 0 Å². The average Bonchev–Trinajstić information content (AvgIpc) is 2.88. The second-order valence-electron chi connectivity index (χ2n) is 5.25. The summed E-state index contributed by atoms with van der Waals surface area (Å²) >= 11 is 6.03. The molecule has 1 unspecified atom stereocenters. The van der Waals surface area contributed by atoms with Gasteiger partial charge in [0.2, 0.25) is 0 Å². The summed E-state index contributed by atoms with van der Waals surface area (Å²) in [5, 5.41) is 3.84. The summed E-state index contributed by atoms with van der Waals surface area (Å²) in [6.07, 6.45) is 3.57. The van der Waals surface area contributed by atoms with Crippen LogP contribution in [-0.4, -0.2) is 16.0 Å². The fourth-order valence-electron chi connectivity index (χ4n) is 1.91. The Labute approximate surface area is 124 Å². The standard InChI is InChI=1S/C15H20ClN3O/c1-10(2)15-18-13(16)9-14(19-15)17-11(3)6-7-12-5-4-8-20-12/h4-5,8-11H,6-7H2,1-3H3,(H,17,18,19). The second-order valence-corrected chi connectivity index (χ2v) is 5.64. The fourth-order valence-corrected chi connectivity index (χ4v) is 2.10. The maximum atomic E-state index is 6.03. The first-order valence-electron chi connectivity index (χ1n) is 6.88. The van der Waals surface area contributed by atoms with E-state index in [-0.39, 0.29) is 12.0 Å². The summed E-state index contributed by atoms with van der Waals surface area (Å²) in [4.78, 5) is 8.71. The SMILES string of the molecule is CC(CCc1ccco1)Nc1cc(Cl)nc(C(C)C)n1. The third-order valence-corrected chi connectivity index (χ3v) is 3.22. The van der Waals surface area contributed by atoms with Gasteiger partial charge in [-0.3, -0.25) is 0 Å². The van der Waals surface area contributed by atoms with Crippen molar-refractivity contribution in [3.8, 4) is 0 Å². The highest BCUT2D eigenvalue weighted by atomic mass is 35.5. The van der Waals surface area contributed by atoms with Crippen molar-refractivity contribution in [2.75, 3.05) is 5.32 Å². The molecule has 4 nitrogen and oxygen atoms in total. The first kappa shape index (κ1) is 14.9. The molecular weight excluding hydrogens is 274 g/mol. The van der Waals surface area contributed by atoms with Gasteiger partial charge in [0.05, 0.1) is 6.26 Å². The minimum Gasteiger partial charge on any atom is -0.469 e. The number of rotatable bonds is 6. The van der Waals surface area contributed by atoms with Crippen molar-refractivity contribution in [1.82, 2.24) is 9.97 Å². The summed E-state index contributed by atoms with van der Waals surface area (Å²) in [5.41, 5.74) is 0. The van der Waals surface area contributed by atoms with Crippen LogP contribution in [0.5, 0.6) is 0 Å². The molecule has 0 radical (unpaired) electrons. The van der Waals surface area contributed by atoms with Crippen LogP contribution >= 0.6 is 11.6 Å². The van der Waals surface area contributed by atoms with Crippen molar-refractivity contribution in [2.24, 2.45) is 0 Å². The molecule has 1 N–H and O–H groups in total. The number of furan rings is 1. The zero-order chi connectivity index (χ0) is 14.5. The topological polar surface area (TPSA) is 51.0 Å². The smallest absolute Gasteiger partial charge is 0.135 e. The summed E-state index contributed by atoms with van der Waals surface area (Å²) in [5.74, 6) is 2.80. The lowest BCUT2D eigenvalue weighted by Gasteiger charge is -2.15. The Morgan fingerprint density at radius 3 is 2.75 bits per heavy atom. The lowest BCUT2D eigenvalue weighted by Crippen LogP contribution is -2.17. The van der Waals surface area contributed by atoms with E-state index in [0.29, 0.717) is 5.15 Å². The van der Waals surface area contributed by atoms with E-state index in [4.69, 9.17) is 16.0 Å². The van der Waals surface area contributed by atoms with E-state index in [1.165, 1.54) is 0 Å². The summed E-state index contributed by atoms with van der Waals surface area (Å²) in [6, 6.07) is 5.94. The minimum atomic E-state index is 0.257. The van der Waals surface area contributed by atoms with Crippen LogP contribution < -0.4 is 5.32 Å². The molecule has 0 aliphatic carbocycles. The highest BCUT2D eigenvalue weighted by Gasteiger charge is 2.09. The van der Waals surface area contributed by atoms with Gasteiger partial charge in [-0.05, 0) is 25.5 Å². The van der Waals surface area contributed by atoms with Gasteiger partial charge in [0, 0.05) is 24.4 Å². The zero-order valence-electron chi connectivity index (χ0n) is 12.1. The van der Waals surface area contributed by atoms with Gasteiger partial charge in [-0.2, -0.15) is 0 Å². The molecular formula is C15H20ClN3O. The molecule has 5 heteroatoms. The molecule has 0 amide bonds. The quantitative estimate of drug-likeness (QED) is 0.808. The number of anilines is 1. The van der Waals surface area contributed by atoms with E-state index < -0.39 is 0 Å². The van der Waals surface area contributed by atoms with Crippen molar-refractivity contribution in [3.05, 3.63) is 41.2 Å². The van der Waals surface area contributed by atoms with E-state index in [2.05, 4.69) is 36.1 Å².